The third-order valence-electron chi connectivity index (χ3n) is 2.53. The molecule has 0 amide bonds. The molecule has 0 spiro atoms. The lowest BCUT2D eigenvalue weighted by molar-refractivity contribution is -0.222. The van der Waals surface area contributed by atoms with Gasteiger partial charge < -0.3 is 4.57 Å². The summed E-state index contributed by atoms with van der Waals surface area (Å²) in [5.41, 5.74) is -4.50. The third kappa shape index (κ3) is 2.16. The summed E-state index contributed by atoms with van der Waals surface area (Å²) in [4.78, 5) is 3.53. The van der Waals surface area contributed by atoms with Gasteiger partial charge in [-0.2, -0.15) is 13.2 Å². The molecule has 0 aliphatic heterocycles. The van der Waals surface area contributed by atoms with Gasteiger partial charge in [-0.05, 0) is 12.1 Å². The second kappa shape index (κ2) is 4.44. The average Bonchev–Trinajstić information content (AvgIpc) is 2.73. The SMILES string of the molecule is Cn1cnnc1C(F)(c1ccnc(Cl)c1)C(F)(F)F. The van der Waals surface area contributed by atoms with Crippen LogP contribution in [0, 0.1) is 0 Å². The van der Waals surface area contributed by atoms with E-state index in [0.29, 0.717) is 0 Å². The highest BCUT2D eigenvalue weighted by atomic mass is 35.5. The Labute approximate surface area is 110 Å². The van der Waals surface area contributed by atoms with E-state index < -0.39 is 23.2 Å². The summed E-state index contributed by atoms with van der Waals surface area (Å²) in [6.45, 7) is 0. The van der Waals surface area contributed by atoms with Gasteiger partial charge in [-0.25, -0.2) is 9.37 Å². The first-order chi connectivity index (χ1) is 8.76. The molecule has 0 fully saturated rings. The lowest BCUT2D eigenvalue weighted by Gasteiger charge is -2.27. The van der Waals surface area contributed by atoms with E-state index in [0.717, 1.165) is 29.2 Å². The van der Waals surface area contributed by atoms with Crippen molar-refractivity contribution in [3.05, 3.63) is 41.2 Å². The molecule has 0 aliphatic rings. The van der Waals surface area contributed by atoms with Crippen molar-refractivity contribution in [2.75, 3.05) is 0 Å². The molecule has 0 N–H and O–H groups in total. The van der Waals surface area contributed by atoms with Crippen molar-refractivity contribution >= 4 is 11.6 Å². The molecular weight excluding hydrogens is 288 g/mol. The van der Waals surface area contributed by atoms with Crippen LogP contribution in [0.1, 0.15) is 11.4 Å². The molecule has 0 aliphatic carbocycles. The fraction of sp³-hybridized carbons (Fsp3) is 0.300. The van der Waals surface area contributed by atoms with Crippen LogP contribution in [-0.2, 0) is 12.7 Å². The summed E-state index contributed by atoms with van der Waals surface area (Å²) in [5.74, 6) is -0.873. The lowest BCUT2D eigenvalue weighted by atomic mass is 9.95. The van der Waals surface area contributed by atoms with Crippen molar-refractivity contribution < 1.29 is 17.6 Å². The number of hydrogen-bond acceptors (Lipinski definition) is 3. The number of aryl methyl sites for hydroxylation is 1. The first kappa shape index (κ1) is 13.7. The van der Waals surface area contributed by atoms with Crippen LogP contribution < -0.4 is 0 Å². The highest BCUT2D eigenvalue weighted by Gasteiger charge is 2.61. The van der Waals surface area contributed by atoms with E-state index >= 15 is 0 Å². The zero-order valence-corrected chi connectivity index (χ0v) is 10.2. The van der Waals surface area contributed by atoms with Crippen molar-refractivity contribution in [2.45, 2.75) is 11.8 Å². The molecule has 2 heterocycles. The Kier molecular flexibility index (Phi) is 3.21. The highest BCUT2D eigenvalue weighted by molar-refractivity contribution is 6.29. The Morgan fingerprint density at radius 3 is 2.42 bits per heavy atom. The fourth-order valence-electron chi connectivity index (χ4n) is 1.63. The molecule has 9 heteroatoms. The predicted molar refractivity (Wildman–Crippen MR) is 58.2 cm³/mol. The van der Waals surface area contributed by atoms with Gasteiger partial charge in [-0.15, -0.1) is 10.2 Å². The summed E-state index contributed by atoms with van der Waals surface area (Å²) in [5, 5.41) is 6.24. The highest BCUT2D eigenvalue weighted by Crippen LogP contribution is 2.46. The van der Waals surface area contributed by atoms with Gasteiger partial charge in [0, 0.05) is 18.8 Å². The van der Waals surface area contributed by atoms with Gasteiger partial charge in [0.1, 0.15) is 11.5 Å². The number of halogens is 5. The van der Waals surface area contributed by atoms with Crippen LogP contribution in [0.15, 0.2) is 24.7 Å². The molecule has 0 saturated heterocycles. The number of hydrogen-bond donors (Lipinski definition) is 0. The smallest absolute Gasteiger partial charge is 0.317 e. The van der Waals surface area contributed by atoms with Crippen LogP contribution >= 0.6 is 11.6 Å². The van der Waals surface area contributed by atoms with Crippen molar-refractivity contribution in [3.63, 3.8) is 0 Å². The quantitative estimate of drug-likeness (QED) is 0.632. The van der Waals surface area contributed by atoms with Gasteiger partial charge in [0.15, 0.2) is 5.82 Å². The van der Waals surface area contributed by atoms with Crippen molar-refractivity contribution in [1.82, 2.24) is 19.7 Å². The first-order valence-electron chi connectivity index (χ1n) is 4.99. The molecule has 19 heavy (non-hydrogen) atoms. The second-order valence-electron chi connectivity index (χ2n) is 3.79. The van der Waals surface area contributed by atoms with Gasteiger partial charge in [-0.1, -0.05) is 11.6 Å². The Hall–Kier alpha value is -1.70. The van der Waals surface area contributed by atoms with E-state index in [2.05, 4.69) is 15.2 Å². The predicted octanol–water partition coefficient (Wildman–Crippen LogP) is 2.64. The van der Waals surface area contributed by atoms with Gasteiger partial charge in [-0.3, -0.25) is 0 Å². The Balaban J connectivity index is 2.70. The second-order valence-corrected chi connectivity index (χ2v) is 4.18. The Morgan fingerprint density at radius 1 is 1.26 bits per heavy atom. The minimum Gasteiger partial charge on any atom is -0.317 e. The maximum Gasteiger partial charge on any atom is 0.434 e. The first-order valence-corrected chi connectivity index (χ1v) is 5.36. The van der Waals surface area contributed by atoms with Crippen LogP contribution in [0.5, 0.6) is 0 Å². The summed E-state index contributed by atoms with van der Waals surface area (Å²) in [6.07, 6.45) is -3.23. The molecule has 0 aromatic carbocycles. The zero-order chi connectivity index (χ0) is 14.3. The normalized spacial score (nSPS) is 15.3. The molecular formula is C10H7ClF4N4. The van der Waals surface area contributed by atoms with Gasteiger partial charge in [0.2, 0.25) is 0 Å². The molecule has 102 valence electrons. The lowest BCUT2D eigenvalue weighted by Crippen LogP contribution is -2.41. The molecule has 1 atom stereocenters. The number of rotatable bonds is 2. The monoisotopic (exact) mass is 294 g/mol. The maximum atomic E-state index is 14.7. The minimum absolute atomic E-state index is 0.244. The number of aromatic nitrogens is 4. The molecule has 0 radical (unpaired) electrons. The molecule has 4 nitrogen and oxygen atoms in total. The molecule has 2 aromatic rings. The Bertz CT molecular complexity index is 597. The molecule has 1 unspecified atom stereocenters. The third-order valence-corrected chi connectivity index (χ3v) is 2.74. The fourth-order valence-corrected chi connectivity index (χ4v) is 1.81. The Morgan fingerprint density at radius 2 is 1.95 bits per heavy atom. The molecule has 0 bridgehead atoms. The summed E-state index contributed by atoms with van der Waals surface area (Å²) >= 11 is 5.51. The van der Waals surface area contributed by atoms with Crippen molar-refractivity contribution in [3.8, 4) is 0 Å². The van der Waals surface area contributed by atoms with Crippen LogP contribution in [0.2, 0.25) is 5.15 Å². The van der Waals surface area contributed by atoms with E-state index in [1.807, 2.05) is 0 Å². The van der Waals surface area contributed by atoms with E-state index in [4.69, 9.17) is 11.6 Å². The zero-order valence-electron chi connectivity index (χ0n) is 9.49. The van der Waals surface area contributed by atoms with Crippen LogP contribution in [-0.4, -0.2) is 25.9 Å². The van der Waals surface area contributed by atoms with E-state index in [1.54, 1.807) is 0 Å². The van der Waals surface area contributed by atoms with E-state index in [1.165, 1.54) is 7.05 Å². The average molecular weight is 295 g/mol. The summed E-state index contributed by atoms with van der Waals surface area (Å²) < 4.78 is 55.0. The number of alkyl halides is 4. The van der Waals surface area contributed by atoms with Crippen LogP contribution in [0.25, 0.3) is 0 Å². The number of nitrogens with zero attached hydrogens (tertiary/aromatic N) is 4. The van der Waals surface area contributed by atoms with Gasteiger partial charge >= 0.3 is 6.18 Å². The summed E-state index contributed by atoms with van der Waals surface area (Å²) in [7, 11) is 1.22. The van der Waals surface area contributed by atoms with E-state index in [9.17, 15) is 17.6 Å². The number of pyridine rings is 1. The van der Waals surface area contributed by atoms with Gasteiger partial charge in [0.05, 0.1) is 0 Å². The van der Waals surface area contributed by atoms with Crippen LogP contribution in [0.4, 0.5) is 17.6 Å². The largest absolute Gasteiger partial charge is 0.434 e. The molecule has 2 rings (SSSR count). The molecule has 0 saturated carbocycles. The van der Waals surface area contributed by atoms with Gasteiger partial charge in [0.25, 0.3) is 5.67 Å². The molecule has 2 aromatic heterocycles. The topological polar surface area (TPSA) is 43.6 Å². The van der Waals surface area contributed by atoms with Crippen molar-refractivity contribution in [2.24, 2.45) is 7.05 Å². The standard InChI is InChI=1S/C10H7ClF4N4/c1-19-5-17-18-8(19)9(12,10(13,14)15)6-2-3-16-7(11)4-6/h2-5H,1H3. The summed E-state index contributed by atoms with van der Waals surface area (Å²) in [6, 6.07) is 1.71. The van der Waals surface area contributed by atoms with Crippen LogP contribution in [0.3, 0.4) is 0 Å². The minimum atomic E-state index is -5.21. The van der Waals surface area contributed by atoms with E-state index in [-0.39, 0.29) is 5.15 Å². The maximum absolute atomic E-state index is 14.7. The van der Waals surface area contributed by atoms with Crippen molar-refractivity contribution in [1.29, 1.82) is 0 Å².